The number of aromatic nitrogens is 6. The lowest BCUT2D eigenvalue weighted by molar-refractivity contribution is 0.295. The van der Waals surface area contributed by atoms with E-state index in [9.17, 15) is 0 Å². The highest BCUT2D eigenvalue weighted by molar-refractivity contribution is 9.10. The highest BCUT2D eigenvalue weighted by atomic mass is 79.9. The fourth-order valence-corrected chi connectivity index (χ4v) is 3.80. The highest BCUT2D eigenvalue weighted by Gasteiger charge is 2.19. The minimum absolute atomic E-state index is 0.252. The standard InChI is InChI=1S/C22H19BrN6O2/c1-13-14(2)29(19-9-4-15(23)10-24-19)21-20(13)22-26-18(27-28(22)12-25-21)11-31-17-7-5-16(30-3)6-8-17/h4-10,12H,11H2,1-3H3. The molecule has 9 heteroatoms. The number of fused-ring (bicyclic) bond motifs is 3. The van der Waals surface area contributed by atoms with E-state index in [1.165, 1.54) is 0 Å². The van der Waals surface area contributed by atoms with Crippen molar-refractivity contribution in [3.05, 3.63) is 70.5 Å². The van der Waals surface area contributed by atoms with Crippen molar-refractivity contribution in [1.82, 2.24) is 29.1 Å². The summed E-state index contributed by atoms with van der Waals surface area (Å²) in [5.74, 6) is 2.89. The highest BCUT2D eigenvalue weighted by Crippen LogP contribution is 2.29. The van der Waals surface area contributed by atoms with Crippen LogP contribution < -0.4 is 9.47 Å². The van der Waals surface area contributed by atoms with Crippen LogP contribution in [0.1, 0.15) is 17.1 Å². The van der Waals surface area contributed by atoms with Gasteiger partial charge in [0.05, 0.1) is 12.5 Å². The van der Waals surface area contributed by atoms with Gasteiger partial charge in [-0.3, -0.25) is 4.57 Å². The van der Waals surface area contributed by atoms with Crippen LogP contribution in [0.3, 0.4) is 0 Å². The summed E-state index contributed by atoms with van der Waals surface area (Å²) < 4.78 is 15.7. The molecule has 0 aliphatic heterocycles. The van der Waals surface area contributed by atoms with Crippen molar-refractivity contribution in [2.24, 2.45) is 0 Å². The third kappa shape index (κ3) is 3.40. The number of halogens is 1. The second-order valence-electron chi connectivity index (χ2n) is 7.08. The summed E-state index contributed by atoms with van der Waals surface area (Å²) in [6.07, 6.45) is 3.45. The Bertz CT molecular complexity index is 1390. The number of hydrogen-bond acceptors (Lipinski definition) is 6. The van der Waals surface area contributed by atoms with Gasteiger partial charge in [0.15, 0.2) is 17.1 Å². The molecule has 0 N–H and O–H groups in total. The number of hydrogen-bond donors (Lipinski definition) is 0. The van der Waals surface area contributed by atoms with Crippen LogP contribution in [0.15, 0.2) is 53.4 Å². The lowest BCUT2D eigenvalue weighted by atomic mass is 10.2. The van der Waals surface area contributed by atoms with Gasteiger partial charge in [-0.15, -0.1) is 5.10 Å². The number of ether oxygens (including phenoxy) is 2. The van der Waals surface area contributed by atoms with E-state index in [0.717, 1.165) is 49.7 Å². The second kappa shape index (κ2) is 7.66. The first-order valence-corrected chi connectivity index (χ1v) is 10.4. The number of aryl methyl sites for hydroxylation is 1. The molecule has 5 rings (SSSR count). The molecule has 1 aromatic carbocycles. The molecule has 0 fully saturated rings. The van der Waals surface area contributed by atoms with E-state index in [-0.39, 0.29) is 6.61 Å². The zero-order chi connectivity index (χ0) is 21.5. The molecule has 0 saturated carbocycles. The van der Waals surface area contributed by atoms with Gasteiger partial charge >= 0.3 is 0 Å². The Hall–Kier alpha value is -3.46. The molecule has 5 aromatic rings. The fraction of sp³-hybridized carbons (Fsp3) is 0.182. The van der Waals surface area contributed by atoms with Crippen molar-refractivity contribution < 1.29 is 9.47 Å². The number of methoxy groups -OCH3 is 1. The number of rotatable bonds is 5. The van der Waals surface area contributed by atoms with Crippen LogP contribution in [0.5, 0.6) is 11.5 Å². The predicted molar refractivity (Wildman–Crippen MR) is 120 cm³/mol. The van der Waals surface area contributed by atoms with E-state index >= 15 is 0 Å². The van der Waals surface area contributed by atoms with E-state index in [1.54, 1.807) is 24.1 Å². The summed E-state index contributed by atoms with van der Waals surface area (Å²) in [7, 11) is 1.63. The van der Waals surface area contributed by atoms with Gasteiger partial charge in [0.25, 0.3) is 0 Å². The maximum Gasteiger partial charge on any atom is 0.189 e. The zero-order valence-corrected chi connectivity index (χ0v) is 18.8. The monoisotopic (exact) mass is 478 g/mol. The van der Waals surface area contributed by atoms with Crippen molar-refractivity contribution >= 4 is 32.6 Å². The van der Waals surface area contributed by atoms with Gasteiger partial charge in [-0.2, -0.15) is 0 Å². The molecular weight excluding hydrogens is 460 g/mol. The van der Waals surface area contributed by atoms with Gasteiger partial charge in [0.1, 0.15) is 30.3 Å². The van der Waals surface area contributed by atoms with Gasteiger partial charge in [-0.25, -0.2) is 19.5 Å². The normalized spacial score (nSPS) is 11.4. The Labute approximate surface area is 186 Å². The minimum atomic E-state index is 0.252. The van der Waals surface area contributed by atoms with Crippen LogP contribution in [-0.2, 0) is 6.61 Å². The Morgan fingerprint density at radius 2 is 1.74 bits per heavy atom. The van der Waals surface area contributed by atoms with Gasteiger partial charge in [-0.1, -0.05) is 0 Å². The summed E-state index contributed by atoms with van der Waals surface area (Å²) in [6, 6.07) is 11.3. The quantitative estimate of drug-likeness (QED) is 0.371. The average Bonchev–Trinajstić information content (AvgIpc) is 3.32. The molecule has 0 aliphatic rings. The minimum Gasteiger partial charge on any atom is -0.497 e. The van der Waals surface area contributed by atoms with Crippen LogP contribution in [-0.4, -0.2) is 36.2 Å². The van der Waals surface area contributed by atoms with Gasteiger partial charge in [0.2, 0.25) is 0 Å². The van der Waals surface area contributed by atoms with Crippen LogP contribution in [0.2, 0.25) is 0 Å². The first-order chi connectivity index (χ1) is 15.0. The first kappa shape index (κ1) is 19.5. The van der Waals surface area contributed by atoms with E-state index in [0.29, 0.717) is 5.82 Å². The number of benzene rings is 1. The molecule has 0 spiro atoms. The van der Waals surface area contributed by atoms with Crippen LogP contribution >= 0.6 is 15.9 Å². The zero-order valence-electron chi connectivity index (χ0n) is 17.2. The number of nitrogens with zero attached hydrogens (tertiary/aromatic N) is 6. The molecule has 0 bridgehead atoms. The molecule has 0 radical (unpaired) electrons. The van der Waals surface area contributed by atoms with E-state index in [1.807, 2.05) is 41.0 Å². The molecule has 0 atom stereocenters. The smallest absolute Gasteiger partial charge is 0.189 e. The van der Waals surface area contributed by atoms with Crippen molar-refractivity contribution in [3.63, 3.8) is 0 Å². The van der Waals surface area contributed by atoms with Crippen molar-refractivity contribution in [2.75, 3.05) is 7.11 Å². The van der Waals surface area contributed by atoms with E-state index < -0.39 is 0 Å². The molecule has 4 heterocycles. The van der Waals surface area contributed by atoms with Crippen LogP contribution in [0.25, 0.3) is 22.5 Å². The van der Waals surface area contributed by atoms with Gasteiger partial charge in [-0.05, 0) is 71.7 Å². The molecule has 0 amide bonds. The van der Waals surface area contributed by atoms with E-state index in [2.05, 4.69) is 44.8 Å². The van der Waals surface area contributed by atoms with Crippen molar-refractivity contribution in [3.8, 4) is 17.3 Å². The lowest BCUT2D eigenvalue weighted by Gasteiger charge is -2.06. The summed E-state index contributed by atoms with van der Waals surface area (Å²) in [6.45, 7) is 4.38. The molecule has 0 aliphatic carbocycles. The Morgan fingerprint density at radius 3 is 2.45 bits per heavy atom. The van der Waals surface area contributed by atoms with Gasteiger partial charge in [0, 0.05) is 16.4 Å². The molecule has 8 nitrogen and oxygen atoms in total. The fourth-order valence-electron chi connectivity index (χ4n) is 3.57. The number of pyridine rings is 1. The molecule has 156 valence electrons. The topological polar surface area (TPSA) is 79.4 Å². The van der Waals surface area contributed by atoms with Crippen LogP contribution in [0, 0.1) is 13.8 Å². The van der Waals surface area contributed by atoms with E-state index in [4.69, 9.17) is 14.5 Å². The molecule has 0 saturated heterocycles. The Kier molecular flexibility index (Phi) is 4.82. The maximum atomic E-state index is 5.84. The molecular formula is C22H19BrN6O2. The lowest BCUT2D eigenvalue weighted by Crippen LogP contribution is -2.01. The second-order valence-corrected chi connectivity index (χ2v) is 8.00. The molecule has 4 aromatic heterocycles. The van der Waals surface area contributed by atoms with Gasteiger partial charge < -0.3 is 9.47 Å². The third-order valence-electron chi connectivity index (χ3n) is 5.24. The first-order valence-electron chi connectivity index (χ1n) is 9.66. The maximum absolute atomic E-state index is 5.84. The summed E-state index contributed by atoms with van der Waals surface area (Å²) >= 11 is 3.44. The predicted octanol–water partition coefficient (Wildman–Crippen LogP) is 4.43. The SMILES string of the molecule is COc1ccc(OCc2nc3c4c(C)c(C)n(-c5ccc(Br)cn5)c4ncn3n2)cc1. The summed E-state index contributed by atoms with van der Waals surface area (Å²) in [5, 5.41) is 5.49. The van der Waals surface area contributed by atoms with Crippen LogP contribution in [0.4, 0.5) is 0 Å². The Morgan fingerprint density at radius 1 is 0.968 bits per heavy atom. The largest absolute Gasteiger partial charge is 0.497 e. The summed E-state index contributed by atoms with van der Waals surface area (Å²) in [5.41, 5.74) is 3.69. The average molecular weight is 479 g/mol. The van der Waals surface area contributed by atoms with Crippen molar-refractivity contribution in [2.45, 2.75) is 20.5 Å². The Balaban J connectivity index is 1.53. The summed E-state index contributed by atoms with van der Waals surface area (Å²) in [4.78, 5) is 13.9. The molecule has 31 heavy (non-hydrogen) atoms. The molecule has 0 unspecified atom stereocenters. The third-order valence-corrected chi connectivity index (χ3v) is 5.71. The van der Waals surface area contributed by atoms with Crippen molar-refractivity contribution in [1.29, 1.82) is 0 Å².